The van der Waals surface area contributed by atoms with Crippen molar-refractivity contribution in [2.45, 2.75) is 37.5 Å². The third-order valence-corrected chi connectivity index (χ3v) is 6.46. The summed E-state index contributed by atoms with van der Waals surface area (Å²) in [6, 6.07) is 14.8. The van der Waals surface area contributed by atoms with Crippen molar-refractivity contribution in [1.29, 1.82) is 0 Å². The van der Waals surface area contributed by atoms with Gasteiger partial charge >= 0.3 is 0 Å². The van der Waals surface area contributed by atoms with E-state index in [1.54, 1.807) is 7.11 Å². The number of nitrogens with zero attached hydrogens (tertiary/aromatic N) is 3. The van der Waals surface area contributed by atoms with Crippen LogP contribution in [0.2, 0.25) is 0 Å². The van der Waals surface area contributed by atoms with Crippen molar-refractivity contribution in [1.82, 2.24) is 9.97 Å². The van der Waals surface area contributed by atoms with E-state index in [9.17, 15) is 0 Å². The summed E-state index contributed by atoms with van der Waals surface area (Å²) in [5, 5.41) is 1.15. The summed E-state index contributed by atoms with van der Waals surface area (Å²) in [4.78, 5) is 12.3. The highest BCUT2D eigenvalue weighted by Gasteiger charge is 2.30. The number of fused-ring (bicyclic) bond motifs is 1. The molecule has 0 unspecified atom stereocenters. The minimum Gasteiger partial charge on any atom is -0.496 e. The highest BCUT2D eigenvalue weighted by Crippen LogP contribution is 2.41. The molecule has 2 fully saturated rings. The predicted octanol–water partition coefficient (Wildman–Crippen LogP) is 5.66. The number of hydrogen-bond donors (Lipinski definition) is 0. The van der Waals surface area contributed by atoms with Crippen molar-refractivity contribution in [2.24, 2.45) is 0 Å². The number of hydrogen-bond acceptors (Lipinski definition) is 4. The molecule has 0 radical (unpaired) electrons. The quantitative estimate of drug-likeness (QED) is 0.527. The van der Waals surface area contributed by atoms with Crippen LogP contribution in [0.5, 0.6) is 5.75 Å². The molecule has 0 N–H and O–H groups in total. The lowest BCUT2D eigenvalue weighted by molar-refractivity contribution is 0.397. The fourth-order valence-electron chi connectivity index (χ4n) is 4.27. The monoisotopic (exact) mass is 437 g/mol. The predicted molar refractivity (Wildman–Crippen MR) is 116 cm³/mol. The van der Waals surface area contributed by atoms with Crippen LogP contribution in [0.3, 0.4) is 0 Å². The van der Waals surface area contributed by atoms with Crippen LogP contribution in [0.1, 0.15) is 48.9 Å². The number of anilines is 1. The molecule has 1 saturated carbocycles. The molecule has 0 amide bonds. The molecule has 0 bridgehead atoms. The van der Waals surface area contributed by atoms with Gasteiger partial charge in [0.15, 0.2) is 0 Å². The first kappa shape index (κ1) is 17.9. The number of halogens is 1. The second-order valence-corrected chi connectivity index (χ2v) is 8.76. The summed E-state index contributed by atoms with van der Waals surface area (Å²) in [6.45, 7) is 2.01. The van der Waals surface area contributed by atoms with Crippen LogP contribution < -0.4 is 9.64 Å². The van der Waals surface area contributed by atoms with E-state index >= 15 is 0 Å². The third-order valence-electron chi connectivity index (χ3n) is 5.97. The fourth-order valence-corrected chi connectivity index (χ4v) is 4.63. The van der Waals surface area contributed by atoms with E-state index < -0.39 is 0 Å². The van der Waals surface area contributed by atoms with E-state index in [0.29, 0.717) is 11.8 Å². The Bertz CT molecular complexity index is 1010. The molecule has 1 aromatic heterocycles. The van der Waals surface area contributed by atoms with Gasteiger partial charge in [-0.2, -0.15) is 0 Å². The number of aromatic nitrogens is 2. The van der Waals surface area contributed by atoms with Crippen LogP contribution in [0, 0.1) is 0 Å². The van der Waals surface area contributed by atoms with Crippen molar-refractivity contribution in [3.63, 3.8) is 0 Å². The van der Waals surface area contributed by atoms with Gasteiger partial charge in [-0.15, -0.1) is 0 Å². The van der Waals surface area contributed by atoms with Crippen molar-refractivity contribution in [2.75, 3.05) is 25.1 Å². The van der Waals surface area contributed by atoms with Crippen molar-refractivity contribution < 1.29 is 4.74 Å². The number of benzene rings is 2. The number of ether oxygens (including phenoxy) is 1. The van der Waals surface area contributed by atoms with Gasteiger partial charge in [0.1, 0.15) is 17.4 Å². The van der Waals surface area contributed by atoms with Gasteiger partial charge in [-0.3, -0.25) is 0 Å². The van der Waals surface area contributed by atoms with Crippen LogP contribution in [-0.2, 0) is 0 Å². The Kier molecular flexibility index (Phi) is 4.71. The van der Waals surface area contributed by atoms with Crippen LogP contribution in [0.4, 0.5) is 5.82 Å². The molecule has 2 heterocycles. The molecule has 144 valence electrons. The maximum absolute atomic E-state index is 5.59. The van der Waals surface area contributed by atoms with E-state index in [4.69, 9.17) is 14.7 Å². The lowest BCUT2D eigenvalue weighted by Crippen LogP contribution is -2.34. The second-order valence-electron chi connectivity index (χ2n) is 7.84. The van der Waals surface area contributed by atoms with Gasteiger partial charge in [0.05, 0.1) is 12.6 Å². The van der Waals surface area contributed by atoms with Gasteiger partial charge in [0, 0.05) is 28.9 Å². The zero-order chi connectivity index (χ0) is 19.1. The molecule has 28 heavy (non-hydrogen) atoms. The van der Waals surface area contributed by atoms with Gasteiger partial charge < -0.3 is 9.64 Å². The van der Waals surface area contributed by atoms with E-state index in [2.05, 4.69) is 57.2 Å². The van der Waals surface area contributed by atoms with E-state index in [1.807, 2.05) is 6.07 Å². The third kappa shape index (κ3) is 3.37. The summed E-state index contributed by atoms with van der Waals surface area (Å²) in [5.74, 6) is 4.23. The summed E-state index contributed by atoms with van der Waals surface area (Å²) < 4.78 is 6.67. The standard InChI is InChI=1S/C23H24BrN3O/c1-28-21-5-3-2-4-18(21)15-10-12-27(13-11-15)23-19-14-17(24)8-9-20(19)25-22(26-23)16-6-7-16/h2-5,8-9,14-16H,6-7,10-13H2,1H3. The topological polar surface area (TPSA) is 38.2 Å². The molecule has 4 nitrogen and oxygen atoms in total. The average molecular weight is 438 g/mol. The highest BCUT2D eigenvalue weighted by atomic mass is 79.9. The zero-order valence-corrected chi connectivity index (χ0v) is 17.7. The lowest BCUT2D eigenvalue weighted by atomic mass is 9.88. The molecule has 2 aromatic carbocycles. The summed E-state index contributed by atoms with van der Waals surface area (Å²) in [7, 11) is 1.76. The van der Waals surface area contributed by atoms with Gasteiger partial charge in [-0.1, -0.05) is 34.1 Å². The van der Waals surface area contributed by atoms with E-state index in [0.717, 1.165) is 58.7 Å². The first-order valence-corrected chi connectivity index (χ1v) is 10.9. The molecule has 3 aromatic rings. The van der Waals surface area contributed by atoms with Gasteiger partial charge in [-0.25, -0.2) is 9.97 Å². The molecule has 1 aliphatic heterocycles. The minimum atomic E-state index is 0.537. The molecule has 2 aliphatic rings. The molecular weight excluding hydrogens is 414 g/mol. The summed E-state index contributed by atoms with van der Waals surface area (Å²) >= 11 is 3.62. The van der Waals surface area contributed by atoms with Gasteiger partial charge in [0.25, 0.3) is 0 Å². The molecule has 1 saturated heterocycles. The molecule has 5 rings (SSSR count). The SMILES string of the molecule is COc1ccccc1C1CCN(c2nc(C3CC3)nc3ccc(Br)cc23)CC1. The second kappa shape index (κ2) is 7.36. The zero-order valence-electron chi connectivity index (χ0n) is 16.1. The Hall–Kier alpha value is -2.14. The molecule has 0 spiro atoms. The largest absolute Gasteiger partial charge is 0.496 e. The normalized spacial score (nSPS) is 17.9. The Morgan fingerprint density at radius 1 is 0.964 bits per heavy atom. The average Bonchev–Trinajstić information content (AvgIpc) is 3.58. The summed E-state index contributed by atoms with van der Waals surface area (Å²) in [6.07, 6.45) is 4.66. The van der Waals surface area contributed by atoms with Crippen LogP contribution in [0.15, 0.2) is 46.9 Å². The van der Waals surface area contributed by atoms with Gasteiger partial charge in [-0.05, 0) is 61.4 Å². The Balaban J connectivity index is 1.44. The minimum absolute atomic E-state index is 0.537. The first-order chi connectivity index (χ1) is 13.7. The summed E-state index contributed by atoms with van der Waals surface area (Å²) in [5.41, 5.74) is 2.39. The van der Waals surface area contributed by atoms with Crippen molar-refractivity contribution in [3.05, 3.63) is 58.3 Å². The van der Waals surface area contributed by atoms with Crippen LogP contribution in [0.25, 0.3) is 10.9 Å². The Morgan fingerprint density at radius 3 is 2.50 bits per heavy atom. The molecule has 5 heteroatoms. The van der Waals surface area contributed by atoms with E-state index in [-0.39, 0.29) is 0 Å². The number of piperidine rings is 1. The molecular formula is C23H24BrN3O. The van der Waals surface area contributed by atoms with Crippen LogP contribution in [-0.4, -0.2) is 30.2 Å². The van der Waals surface area contributed by atoms with E-state index in [1.165, 1.54) is 18.4 Å². The fraction of sp³-hybridized carbons (Fsp3) is 0.391. The van der Waals surface area contributed by atoms with Crippen LogP contribution >= 0.6 is 15.9 Å². The first-order valence-electron chi connectivity index (χ1n) is 10.1. The molecule has 1 aliphatic carbocycles. The maximum Gasteiger partial charge on any atom is 0.140 e. The number of para-hydroxylation sites is 1. The smallest absolute Gasteiger partial charge is 0.140 e. The van der Waals surface area contributed by atoms with Crippen molar-refractivity contribution >= 4 is 32.7 Å². The Morgan fingerprint density at radius 2 is 1.75 bits per heavy atom. The number of methoxy groups -OCH3 is 1. The van der Waals surface area contributed by atoms with Gasteiger partial charge in [0.2, 0.25) is 0 Å². The lowest BCUT2D eigenvalue weighted by Gasteiger charge is -2.34. The number of rotatable bonds is 4. The maximum atomic E-state index is 5.59. The molecule has 0 atom stereocenters. The van der Waals surface area contributed by atoms with Crippen molar-refractivity contribution in [3.8, 4) is 5.75 Å². The Labute approximate surface area is 174 Å². The highest BCUT2D eigenvalue weighted by molar-refractivity contribution is 9.10.